The lowest BCUT2D eigenvalue weighted by Crippen LogP contribution is -2.39. The van der Waals surface area contributed by atoms with Gasteiger partial charge in [-0.3, -0.25) is 14.4 Å². The highest BCUT2D eigenvalue weighted by atomic mass is 16.3. The molecule has 0 radical (unpaired) electrons. The van der Waals surface area contributed by atoms with Crippen molar-refractivity contribution in [3.63, 3.8) is 0 Å². The van der Waals surface area contributed by atoms with Crippen LogP contribution in [0.2, 0.25) is 0 Å². The molecule has 0 aliphatic carbocycles. The predicted molar refractivity (Wildman–Crippen MR) is 89.3 cm³/mol. The molecule has 1 fully saturated rings. The molecule has 2 aliphatic rings. The molecule has 128 valence electrons. The second kappa shape index (κ2) is 6.43. The number of carbonyl (C=O) groups excluding carboxylic acids is 1. The molecular weight excluding hydrogens is 304 g/mol. The van der Waals surface area contributed by atoms with Gasteiger partial charge in [0.1, 0.15) is 11.5 Å². The lowest BCUT2D eigenvalue weighted by atomic mass is 10.1. The highest BCUT2D eigenvalue weighted by Gasteiger charge is 2.28. The Balaban J connectivity index is 1.43. The van der Waals surface area contributed by atoms with E-state index in [1.807, 2.05) is 24.1 Å². The van der Waals surface area contributed by atoms with E-state index in [-0.39, 0.29) is 0 Å². The van der Waals surface area contributed by atoms with E-state index in [4.69, 9.17) is 4.42 Å². The average molecular weight is 328 g/mol. The maximum atomic E-state index is 11.8. The molecule has 0 N–H and O–H groups in total. The Morgan fingerprint density at radius 1 is 1.33 bits per heavy atom. The zero-order chi connectivity index (χ0) is 16.5. The first kappa shape index (κ1) is 15.4. The van der Waals surface area contributed by atoms with E-state index in [0.29, 0.717) is 18.4 Å². The van der Waals surface area contributed by atoms with E-state index in [9.17, 15) is 4.79 Å². The number of aromatic nitrogens is 2. The average Bonchev–Trinajstić information content (AvgIpc) is 3.27. The summed E-state index contributed by atoms with van der Waals surface area (Å²) in [5, 5.41) is 4.51. The zero-order valence-corrected chi connectivity index (χ0v) is 14.1. The van der Waals surface area contributed by atoms with Gasteiger partial charge in [0.25, 0.3) is 0 Å². The van der Waals surface area contributed by atoms with Crippen LogP contribution in [-0.4, -0.2) is 45.1 Å². The summed E-state index contributed by atoms with van der Waals surface area (Å²) in [6.45, 7) is 6.36. The van der Waals surface area contributed by atoms with Crippen LogP contribution in [0.5, 0.6) is 0 Å². The third-order valence-electron chi connectivity index (χ3n) is 5.03. The quantitative estimate of drug-likeness (QED) is 0.845. The first-order chi connectivity index (χ1) is 11.7. The largest absolute Gasteiger partial charge is 0.465 e. The van der Waals surface area contributed by atoms with Crippen molar-refractivity contribution in [3.8, 4) is 0 Å². The summed E-state index contributed by atoms with van der Waals surface area (Å²) in [5.41, 5.74) is 1.24. The molecule has 1 amide bonds. The highest BCUT2D eigenvalue weighted by molar-refractivity contribution is 5.77. The number of furan rings is 1. The van der Waals surface area contributed by atoms with Crippen molar-refractivity contribution in [2.75, 3.05) is 19.6 Å². The minimum atomic E-state index is 0.300. The minimum Gasteiger partial charge on any atom is -0.465 e. The van der Waals surface area contributed by atoms with Crippen molar-refractivity contribution >= 4 is 5.91 Å². The van der Waals surface area contributed by atoms with E-state index in [2.05, 4.69) is 26.8 Å². The van der Waals surface area contributed by atoms with Gasteiger partial charge in [-0.25, -0.2) is 0 Å². The van der Waals surface area contributed by atoms with Crippen LogP contribution in [0.25, 0.3) is 0 Å². The van der Waals surface area contributed by atoms with Crippen molar-refractivity contribution in [1.82, 2.24) is 19.6 Å². The van der Waals surface area contributed by atoms with Crippen LogP contribution in [0.4, 0.5) is 0 Å². The third kappa shape index (κ3) is 3.11. The predicted octanol–water partition coefficient (Wildman–Crippen LogP) is 2.35. The number of carbonyl (C=O) groups is 1. The van der Waals surface area contributed by atoms with Crippen molar-refractivity contribution in [2.24, 2.45) is 0 Å². The van der Waals surface area contributed by atoms with E-state index in [1.165, 1.54) is 5.69 Å². The molecule has 0 aromatic carbocycles. The maximum absolute atomic E-state index is 11.8. The number of likely N-dealkylation sites (tertiary alicyclic amines) is 1. The van der Waals surface area contributed by atoms with Gasteiger partial charge in [0.15, 0.2) is 0 Å². The molecule has 6 heteroatoms. The normalized spacial score (nSPS) is 21.5. The molecule has 4 rings (SSSR count). The molecule has 0 spiro atoms. The maximum Gasteiger partial charge on any atom is 0.222 e. The monoisotopic (exact) mass is 328 g/mol. The Hall–Kier alpha value is -2.08. The summed E-state index contributed by atoms with van der Waals surface area (Å²) in [6, 6.07) is 6.47. The van der Waals surface area contributed by atoms with Crippen LogP contribution in [0.15, 0.2) is 28.8 Å². The van der Waals surface area contributed by atoms with Gasteiger partial charge in [-0.05, 0) is 38.0 Å². The highest BCUT2D eigenvalue weighted by Crippen LogP contribution is 2.25. The summed E-state index contributed by atoms with van der Waals surface area (Å²) < 4.78 is 7.87. The second-order valence-corrected chi connectivity index (χ2v) is 6.88. The fourth-order valence-corrected chi connectivity index (χ4v) is 3.83. The van der Waals surface area contributed by atoms with Gasteiger partial charge in [0.05, 0.1) is 18.3 Å². The first-order valence-electron chi connectivity index (χ1n) is 8.77. The zero-order valence-electron chi connectivity index (χ0n) is 14.1. The number of hydrogen-bond donors (Lipinski definition) is 0. The Kier molecular flexibility index (Phi) is 4.14. The number of rotatable bonds is 5. The van der Waals surface area contributed by atoms with Crippen LogP contribution in [-0.2, 0) is 17.9 Å². The molecule has 6 nitrogen and oxygen atoms in total. The van der Waals surface area contributed by atoms with Gasteiger partial charge in [0.2, 0.25) is 5.91 Å². The molecule has 0 saturated carbocycles. The van der Waals surface area contributed by atoms with Crippen molar-refractivity contribution in [2.45, 2.75) is 45.3 Å². The lowest BCUT2D eigenvalue weighted by Gasteiger charge is -2.34. The molecule has 24 heavy (non-hydrogen) atoms. The van der Waals surface area contributed by atoms with Gasteiger partial charge in [-0.1, -0.05) is 0 Å². The molecule has 2 aliphatic heterocycles. The van der Waals surface area contributed by atoms with Gasteiger partial charge in [0, 0.05) is 38.8 Å². The van der Waals surface area contributed by atoms with Crippen LogP contribution < -0.4 is 0 Å². The fraction of sp³-hybridized carbons (Fsp3) is 0.556. The summed E-state index contributed by atoms with van der Waals surface area (Å²) in [4.78, 5) is 16.2. The molecule has 0 bridgehead atoms. The Labute approximate surface area is 142 Å². The van der Waals surface area contributed by atoms with Gasteiger partial charge in [-0.2, -0.15) is 5.10 Å². The fourth-order valence-electron chi connectivity index (χ4n) is 3.83. The van der Waals surface area contributed by atoms with E-state index in [1.54, 1.807) is 0 Å². The summed E-state index contributed by atoms with van der Waals surface area (Å²) in [7, 11) is 0. The topological polar surface area (TPSA) is 54.5 Å². The van der Waals surface area contributed by atoms with Gasteiger partial charge >= 0.3 is 0 Å². The van der Waals surface area contributed by atoms with Gasteiger partial charge in [-0.15, -0.1) is 0 Å². The third-order valence-corrected chi connectivity index (χ3v) is 5.03. The molecule has 0 unspecified atom stereocenters. The summed E-state index contributed by atoms with van der Waals surface area (Å²) in [6.07, 6.45) is 4.54. The van der Waals surface area contributed by atoms with Crippen molar-refractivity contribution in [3.05, 3.63) is 41.6 Å². The smallest absolute Gasteiger partial charge is 0.222 e. The SMILES string of the molecule is Cc1ccc(CN2Cc3ccnn3[C@H](CCN3CCCC3=O)C2)o1. The van der Waals surface area contributed by atoms with Crippen LogP contribution in [0, 0.1) is 6.92 Å². The Morgan fingerprint density at radius 2 is 2.25 bits per heavy atom. The first-order valence-corrected chi connectivity index (χ1v) is 8.77. The van der Waals surface area contributed by atoms with Crippen LogP contribution >= 0.6 is 0 Å². The number of fused-ring (bicyclic) bond motifs is 1. The van der Waals surface area contributed by atoms with E-state index >= 15 is 0 Å². The van der Waals surface area contributed by atoms with E-state index < -0.39 is 0 Å². The number of nitrogens with zero attached hydrogens (tertiary/aromatic N) is 4. The second-order valence-electron chi connectivity index (χ2n) is 6.88. The lowest BCUT2D eigenvalue weighted by molar-refractivity contribution is -0.127. The minimum absolute atomic E-state index is 0.300. The number of amides is 1. The van der Waals surface area contributed by atoms with Gasteiger partial charge < -0.3 is 9.32 Å². The number of hydrogen-bond acceptors (Lipinski definition) is 4. The molecular formula is C18H24N4O2. The molecule has 1 atom stereocenters. The standard InChI is InChI=1S/C18H24N4O2/c1-14-4-5-17(24-14)13-20-11-15-6-8-19-22(15)16(12-20)7-10-21-9-2-3-18(21)23/h4-6,8,16H,2-3,7,9-13H2,1H3/t16-/m1/s1. The number of aryl methyl sites for hydroxylation is 1. The molecule has 1 saturated heterocycles. The van der Waals surface area contributed by atoms with Crippen LogP contribution in [0.3, 0.4) is 0 Å². The molecule has 2 aromatic heterocycles. The summed E-state index contributed by atoms with van der Waals surface area (Å²) in [5.74, 6) is 2.26. The van der Waals surface area contributed by atoms with Crippen molar-refractivity contribution in [1.29, 1.82) is 0 Å². The molecule has 2 aromatic rings. The van der Waals surface area contributed by atoms with Crippen LogP contribution in [0.1, 0.15) is 42.5 Å². The molecule has 4 heterocycles. The van der Waals surface area contributed by atoms with Crippen molar-refractivity contribution < 1.29 is 9.21 Å². The Morgan fingerprint density at radius 3 is 3.00 bits per heavy atom. The Bertz CT molecular complexity index is 720. The van der Waals surface area contributed by atoms with E-state index in [0.717, 1.165) is 57.1 Å². The summed E-state index contributed by atoms with van der Waals surface area (Å²) >= 11 is 0.